The minimum absolute atomic E-state index is 0. The Morgan fingerprint density at radius 2 is 1.06 bits per heavy atom. The summed E-state index contributed by atoms with van der Waals surface area (Å²) in [5.41, 5.74) is 18.8. The number of benzene rings is 3. The van der Waals surface area contributed by atoms with Gasteiger partial charge in [-0.3, -0.25) is 10.8 Å². The Morgan fingerprint density at radius 3 is 1.39 bits per heavy atom. The highest BCUT2D eigenvalue weighted by Crippen LogP contribution is 2.32. The highest BCUT2D eigenvalue weighted by atomic mass is 35.5. The Kier molecular flexibility index (Phi) is 11.3. The van der Waals surface area contributed by atoms with Gasteiger partial charge in [0.15, 0.2) is 0 Å². The monoisotopic (exact) mass is 520 g/mol. The number of thioether (sulfide) groups is 2. The molecule has 0 unspecified atom stereocenters. The van der Waals surface area contributed by atoms with Crippen LogP contribution in [-0.2, 0) is 11.5 Å². The molecule has 0 aliphatic carbocycles. The normalized spacial score (nSPS) is 10.2. The van der Waals surface area contributed by atoms with Crippen LogP contribution in [-0.4, -0.2) is 11.7 Å². The second-order valence-electron chi connectivity index (χ2n) is 7.67. The van der Waals surface area contributed by atoms with Gasteiger partial charge in [0.05, 0.1) is 0 Å². The van der Waals surface area contributed by atoms with Gasteiger partial charge in [-0.1, -0.05) is 24.3 Å². The fourth-order valence-corrected chi connectivity index (χ4v) is 5.58. The quantitative estimate of drug-likeness (QED) is 0.152. The van der Waals surface area contributed by atoms with Crippen LogP contribution in [0.5, 0.6) is 0 Å². The van der Waals surface area contributed by atoms with Crippen LogP contribution in [0.25, 0.3) is 0 Å². The first-order valence-electron chi connectivity index (χ1n) is 9.98. The molecule has 0 amide bonds. The molecule has 3 aromatic carbocycles. The number of nitrogen functional groups attached to an aromatic ring is 2. The summed E-state index contributed by atoms with van der Waals surface area (Å²) in [6.45, 7) is 6.27. The van der Waals surface area contributed by atoms with E-state index in [1.807, 2.05) is 47.8 Å². The molecule has 0 fully saturated rings. The first-order valence-corrected chi connectivity index (χ1v) is 11.9. The molecule has 0 aliphatic rings. The van der Waals surface area contributed by atoms with E-state index < -0.39 is 0 Å². The molecule has 0 aliphatic heterocycles. The Balaban J connectivity index is 0.00000272. The topological polar surface area (TPSA) is 99.7 Å². The van der Waals surface area contributed by atoms with Crippen molar-refractivity contribution in [3.05, 3.63) is 93.5 Å². The molecule has 6 N–H and O–H groups in total. The second-order valence-corrected chi connectivity index (χ2v) is 9.77. The minimum atomic E-state index is 0. The summed E-state index contributed by atoms with van der Waals surface area (Å²) in [6, 6.07) is 18.6. The third-order valence-corrected chi connectivity index (χ3v) is 7.17. The van der Waals surface area contributed by atoms with E-state index >= 15 is 0 Å². The molecule has 3 rings (SSSR count). The summed E-state index contributed by atoms with van der Waals surface area (Å²) < 4.78 is 0. The van der Waals surface area contributed by atoms with Crippen molar-refractivity contribution in [3.63, 3.8) is 0 Å². The van der Waals surface area contributed by atoms with Crippen LogP contribution < -0.4 is 11.5 Å². The zero-order valence-corrected chi connectivity index (χ0v) is 22.2. The van der Waals surface area contributed by atoms with Crippen LogP contribution in [0, 0.1) is 31.6 Å². The van der Waals surface area contributed by atoms with Crippen LogP contribution in [0.3, 0.4) is 0 Å². The summed E-state index contributed by atoms with van der Waals surface area (Å²) in [6.07, 6.45) is 0. The average Bonchev–Trinajstić information content (AvgIpc) is 2.71. The summed E-state index contributed by atoms with van der Waals surface area (Å²) in [7, 11) is 0. The average molecular weight is 522 g/mol. The van der Waals surface area contributed by atoms with Gasteiger partial charge < -0.3 is 11.5 Å². The number of nitrogens with one attached hydrogen (secondary N) is 2. The van der Waals surface area contributed by atoms with Gasteiger partial charge in [0.1, 0.15) is 11.7 Å². The second kappa shape index (κ2) is 12.9. The van der Waals surface area contributed by atoms with Crippen LogP contribution in [0.2, 0.25) is 0 Å². The first-order chi connectivity index (χ1) is 14.7. The van der Waals surface area contributed by atoms with Crippen LogP contribution >= 0.6 is 48.3 Å². The molecule has 176 valence electrons. The molecule has 0 saturated carbocycles. The fourth-order valence-electron chi connectivity index (χ4n) is 3.25. The molecule has 0 aromatic heterocycles. The van der Waals surface area contributed by atoms with Crippen molar-refractivity contribution in [2.45, 2.75) is 42.1 Å². The van der Waals surface area contributed by atoms with Gasteiger partial charge in [-0.15, -0.1) is 48.3 Å². The molecule has 0 spiro atoms. The van der Waals surface area contributed by atoms with E-state index in [-0.39, 0.29) is 36.5 Å². The van der Waals surface area contributed by atoms with Gasteiger partial charge >= 0.3 is 0 Å². The van der Waals surface area contributed by atoms with Gasteiger partial charge in [0.25, 0.3) is 0 Å². The summed E-state index contributed by atoms with van der Waals surface area (Å²) in [5.74, 6) is 1.97. The number of halogens is 2. The van der Waals surface area contributed by atoms with Gasteiger partial charge in [-0.25, -0.2) is 0 Å². The van der Waals surface area contributed by atoms with Crippen molar-refractivity contribution >= 4 is 60.0 Å². The lowest BCUT2D eigenvalue weighted by Gasteiger charge is -2.11. The Bertz CT molecular complexity index is 1060. The van der Waals surface area contributed by atoms with Crippen LogP contribution in [0.15, 0.2) is 64.4 Å². The maximum atomic E-state index is 7.59. The van der Waals surface area contributed by atoms with Gasteiger partial charge in [-0.2, -0.15) is 0 Å². The number of rotatable bonds is 8. The smallest absolute Gasteiger partial charge is 0.122 e. The van der Waals surface area contributed by atoms with E-state index in [0.29, 0.717) is 0 Å². The molecular weight excluding hydrogens is 491 g/mol. The molecule has 0 radical (unpaired) electrons. The molecule has 0 heterocycles. The predicted octanol–water partition coefficient (Wildman–Crippen LogP) is 6.61. The van der Waals surface area contributed by atoms with E-state index in [9.17, 15) is 0 Å². The fraction of sp³-hybridized carbons (Fsp3) is 0.200. The van der Waals surface area contributed by atoms with E-state index in [0.717, 1.165) is 33.8 Å². The number of nitrogens with two attached hydrogens (primary N) is 2. The largest absolute Gasteiger partial charge is 0.384 e. The highest BCUT2D eigenvalue weighted by molar-refractivity contribution is 7.99. The van der Waals surface area contributed by atoms with Crippen molar-refractivity contribution in [2.24, 2.45) is 11.5 Å². The molecule has 0 bridgehead atoms. The molecular formula is C25H30Cl2N4S2. The number of amidine groups is 2. The zero-order chi connectivity index (χ0) is 22.5. The molecule has 0 atom stereocenters. The lowest BCUT2D eigenvalue weighted by molar-refractivity contribution is 1.23. The lowest BCUT2D eigenvalue weighted by atomic mass is 10.1. The first kappa shape index (κ1) is 28.9. The van der Waals surface area contributed by atoms with Crippen molar-refractivity contribution in [2.75, 3.05) is 0 Å². The van der Waals surface area contributed by atoms with E-state index in [2.05, 4.69) is 51.1 Å². The Hall–Kier alpha value is -2.12. The number of aryl methyl sites for hydroxylation is 3. The Labute approximate surface area is 217 Å². The standard InChI is InChI=1S/C25H28N4S2.2ClH/c1-15-8-22(30-13-20-6-4-18(24(26)27)10-16(20)2)12-23(9-15)31-14-21-7-5-19(25(28)29)11-17(21)3;;/h4-12H,13-14H2,1-3H3,(H3,26,27)(H3,28,29);2*1H. The van der Waals surface area contributed by atoms with E-state index in [1.54, 1.807) is 0 Å². The van der Waals surface area contributed by atoms with Gasteiger partial charge in [0, 0.05) is 32.4 Å². The zero-order valence-electron chi connectivity index (χ0n) is 18.9. The Morgan fingerprint density at radius 1 is 0.667 bits per heavy atom. The molecule has 4 nitrogen and oxygen atoms in total. The van der Waals surface area contributed by atoms with Crippen molar-refractivity contribution < 1.29 is 0 Å². The van der Waals surface area contributed by atoms with E-state index in [1.165, 1.54) is 26.5 Å². The highest BCUT2D eigenvalue weighted by Gasteiger charge is 2.07. The number of hydrogen-bond donors (Lipinski definition) is 4. The van der Waals surface area contributed by atoms with Crippen LogP contribution in [0.4, 0.5) is 0 Å². The lowest BCUT2D eigenvalue weighted by Crippen LogP contribution is -2.11. The van der Waals surface area contributed by atoms with Gasteiger partial charge in [-0.05, 0) is 78.9 Å². The van der Waals surface area contributed by atoms with Crippen molar-refractivity contribution in [3.8, 4) is 0 Å². The van der Waals surface area contributed by atoms with E-state index in [4.69, 9.17) is 22.3 Å². The number of hydrogen-bond acceptors (Lipinski definition) is 4. The van der Waals surface area contributed by atoms with Crippen LogP contribution in [0.1, 0.15) is 38.9 Å². The maximum Gasteiger partial charge on any atom is 0.122 e. The molecule has 3 aromatic rings. The summed E-state index contributed by atoms with van der Waals surface area (Å²) in [4.78, 5) is 2.50. The van der Waals surface area contributed by atoms with Crippen molar-refractivity contribution in [1.29, 1.82) is 10.8 Å². The summed E-state index contributed by atoms with van der Waals surface area (Å²) >= 11 is 3.65. The molecule has 0 saturated heterocycles. The summed E-state index contributed by atoms with van der Waals surface area (Å²) in [5, 5.41) is 15.2. The third-order valence-electron chi connectivity index (χ3n) is 5.12. The molecule has 33 heavy (non-hydrogen) atoms. The SMILES string of the molecule is Cc1cc(SCc2ccc(C(=N)N)cc2C)cc(SCc2ccc(C(=N)N)cc2C)c1.Cl.Cl. The predicted molar refractivity (Wildman–Crippen MR) is 149 cm³/mol. The third kappa shape index (κ3) is 8.00. The van der Waals surface area contributed by atoms with Crippen molar-refractivity contribution in [1.82, 2.24) is 0 Å². The molecule has 8 heteroatoms. The maximum absolute atomic E-state index is 7.59. The minimum Gasteiger partial charge on any atom is -0.384 e. The van der Waals surface area contributed by atoms with Gasteiger partial charge in [0.2, 0.25) is 0 Å².